The van der Waals surface area contributed by atoms with Gasteiger partial charge in [0.05, 0.1) is 21.7 Å². The van der Waals surface area contributed by atoms with E-state index in [9.17, 15) is 18.9 Å². The third-order valence-electron chi connectivity index (χ3n) is 6.32. The molecule has 1 saturated heterocycles. The Morgan fingerprint density at radius 1 is 1.28 bits per heavy atom. The molecule has 6 nitrogen and oxygen atoms in total. The smallest absolute Gasteiger partial charge is 0.353 e. The Hall–Kier alpha value is -1.77. The first-order chi connectivity index (χ1) is 13.5. The van der Waals surface area contributed by atoms with E-state index in [1.807, 2.05) is 6.07 Å². The van der Waals surface area contributed by atoms with Crippen molar-refractivity contribution >= 4 is 31.0 Å². The predicted molar refractivity (Wildman–Crippen MR) is 114 cm³/mol. The average molecular weight is 436 g/mol. The molecule has 0 radical (unpaired) electrons. The molecule has 158 valence electrons. The number of benzene rings is 1. The standard InChI is InChI=1S/C21H29NO5SSi/c1-21(2,3)29(4,5)27-12-11-15-16-13-17(23)22(16)18(20(24)25)19(15)28(26)14-9-7-6-8-10-14/h6-10,15-16H,11-13H2,1-5H3,(H,24,25)/t15-,16-,28?/m1/s1. The molecule has 2 aliphatic rings. The second-order valence-corrected chi connectivity index (χ2v) is 15.4. The first kappa shape index (κ1) is 21.9. The molecule has 1 aromatic carbocycles. The maximum absolute atomic E-state index is 13.3. The first-order valence-electron chi connectivity index (χ1n) is 9.86. The van der Waals surface area contributed by atoms with Crippen LogP contribution in [0.5, 0.6) is 0 Å². The molecule has 0 aliphatic carbocycles. The summed E-state index contributed by atoms with van der Waals surface area (Å²) in [5.74, 6) is -1.69. The molecule has 8 heteroatoms. The molecule has 29 heavy (non-hydrogen) atoms. The summed E-state index contributed by atoms with van der Waals surface area (Å²) in [6.45, 7) is 11.3. The highest BCUT2D eigenvalue weighted by molar-refractivity contribution is 7.89. The summed E-state index contributed by atoms with van der Waals surface area (Å²) in [6.07, 6.45) is 0.836. The van der Waals surface area contributed by atoms with Gasteiger partial charge in [-0.15, -0.1) is 0 Å². The van der Waals surface area contributed by atoms with Crippen LogP contribution in [0.25, 0.3) is 0 Å². The van der Waals surface area contributed by atoms with E-state index in [4.69, 9.17) is 4.43 Å². The number of carbonyl (C=O) groups excluding carboxylic acids is 1. The highest BCUT2D eigenvalue weighted by Crippen LogP contribution is 2.47. The zero-order valence-corrected chi connectivity index (χ0v) is 19.4. The predicted octanol–water partition coefficient (Wildman–Crippen LogP) is 3.73. The number of fused-ring (bicyclic) bond motifs is 1. The largest absolute Gasteiger partial charge is 0.477 e. The lowest BCUT2D eigenvalue weighted by Crippen LogP contribution is -2.52. The van der Waals surface area contributed by atoms with Gasteiger partial charge in [0.2, 0.25) is 5.91 Å². The zero-order chi connectivity index (χ0) is 21.6. The van der Waals surface area contributed by atoms with Crippen LogP contribution in [0.15, 0.2) is 45.8 Å². The quantitative estimate of drug-likeness (QED) is 0.521. The van der Waals surface area contributed by atoms with Crippen LogP contribution in [0.4, 0.5) is 0 Å². The van der Waals surface area contributed by atoms with E-state index >= 15 is 0 Å². The van der Waals surface area contributed by atoms with Crippen LogP contribution in [-0.2, 0) is 24.8 Å². The Kier molecular flexibility index (Phi) is 5.90. The van der Waals surface area contributed by atoms with Crippen LogP contribution in [0.2, 0.25) is 18.1 Å². The summed E-state index contributed by atoms with van der Waals surface area (Å²) in [7, 11) is -3.59. The summed E-state index contributed by atoms with van der Waals surface area (Å²) in [4.78, 5) is 26.4. The van der Waals surface area contributed by atoms with E-state index in [0.717, 1.165) is 0 Å². The molecule has 2 heterocycles. The minimum atomic E-state index is -1.95. The molecule has 1 unspecified atom stereocenters. The highest BCUT2D eigenvalue weighted by atomic mass is 32.2. The average Bonchev–Trinajstić information content (AvgIpc) is 2.89. The van der Waals surface area contributed by atoms with Crippen molar-refractivity contribution in [3.8, 4) is 0 Å². The lowest BCUT2D eigenvalue weighted by atomic mass is 9.90. The minimum Gasteiger partial charge on any atom is -0.477 e. The molecule has 0 saturated carbocycles. The number of amides is 1. The third kappa shape index (κ3) is 3.98. The topological polar surface area (TPSA) is 83.9 Å². The van der Waals surface area contributed by atoms with Crippen molar-refractivity contribution in [2.75, 3.05) is 6.61 Å². The van der Waals surface area contributed by atoms with Gasteiger partial charge in [-0.05, 0) is 36.7 Å². The maximum Gasteiger partial charge on any atom is 0.353 e. The molecular formula is C21H29NO5SSi. The summed E-state index contributed by atoms with van der Waals surface area (Å²) in [5, 5.41) is 9.86. The van der Waals surface area contributed by atoms with Crippen molar-refractivity contribution in [1.82, 2.24) is 4.90 Å². The molecule has 3 rings (SSSR count). The van der Waals surface area contributed by atoms with Crippen LogP contribution in [0, 0.1) is 5.92 Å². The Labute approximate surface area is 175 Å². The lowest BCUT2D eigenvalue weighted by molar-refractivity contribution is -0.148. The van der Waals surface area contributed by atoms with Crippen molar-refractivity contribution in [1.29, 1.82) is 0 Å². The number of hydrogen-bond donors (Lipinski definition) is 1. The van der Waals surface area contributed by atoms with Crippen molar-refractivity contribution in [3.63, 3.8) is 0 Å². The van der Waals surface area contributed by atoms with Gasteiger partial charge in [-0.2, -0.15) is 0 Å². The van der Waals surface area contributed by atoms with Gasteiger partial charge in [-0.3, -0.25) is 4.79 Å². The van der Waals surface area contributed by atoms with Gasteiger partial charge in [0.1, 0.15) is 5.70 Å². The molecule has 1 N–H and O–H groups in total. The molecular weight excluding hydrogens is 406 g/mol. The van der Waals surface area contributed by atoms with E-state index in [0.29, 0.717) is 22.8 Å². The van der Waals surface area contributed by atoms with Gasteiger partial charge >= 0.3 is 5.97 Å². The van der Waals surface area contributed by atoms with Crippen LogP contribution < -0.4 is 0 Å². The van der Waals surface area contributed by atoms with Crippen molar-refractivity contribution in [2.45, 2.75) is 62.7 Å². The number of carboxylic acids is 1. The Morgan fingerprint density at radius 3 is 2.41 bits per heavy atom. The van der Waals surface area contributed by atoms with Gasteiger partial charge in [-0.25, -0.2) is 9.00 Å². The Balaban J connectivity index is 1.90. The maximum atomic E-state index is 13.3. The fourth-order valence-electron chi connectivity index (χ4n) is 3.61. The second-order valence-electron chi connectivity index (χ2n) is 9.14. The number of hydrogen-bond acceptors (Lipinski definition) is 4. The van der Waals surface area contributed by atoms with Crippen LogP contribution >= 0.6 is 0 Å². The minimum absolute atomic E-state index is 0.0684. The first-order valence-corrected chi connectivity index (χ1v) is 13.9. The van der Waals surface area contributed by atoms with Gasteiger partial charge in [-0.1, -0.05) is 39.0 Å². The molecule has 3 atom stereocenters. The number of β-lactam (4-membered cyclic amide) rings is 1. The number of rotatable bonds is 7. The SMILES string of the molecule is CC(C)(C)[Si](C)(C)OCC[C@H]1C(S(=O)c2ccccc2)=C(C(=O)O)N2C(=O)C[C@H]12. The number of aliphatic carboxylic acids is 1. The molecule has 0 bridgehead atoms. The fourth-order valence-corrected chi connectivity index (χ4v) is 6.24. The van der Waals surface area contributed by atoms with Crippen LogP contribution in [0.1, 0.15) is 33.6 Å². The summed E-state index contributed by atoms with van der Waals surface area (Å²) >= 11 is 0. The van der Waals surface area contributed by atoms with Crippen molar-refractivity contribution in [3.05, 3.63) is 40.9 Å². The third-order valence-corrected chi connectivity index (χ3v) is 12.5. The van der Waals surface area contributed by atoms with Gasteiger partial charge in [0.25, 0.3) is 0 Å². The lowest BCUT2D eigenvalue weighted by Gasteiger charge is -2.39. The van der Waals surface area contributed by atoms with Crippen LogP contribution in [0.3, 0.4) is 0 Å². The molecule has 1 aromatic rings. The highest BCUT2D eigenvalue weighted by Gasteiger charge is 2.54. The van der Waals surface area contributed by atoms with Gasteiger partial charge in [0, 0.05) is 23.8 Å². The van der Waals surface area contributed by atoms with Gasteiger partial charge in [0.15, 0.2) is 8.32 Å². The van der Waals surface area contributed by atoms with E-state index in [-0.39, 0.29) is 35.0 Å². The number of carbonyl (C=O) groups is 2. The fraction of sp³-hybridized carbons (Fsp3) is 0.524. The summed E-state index contributed by atoms with van der Waals surface area (Å²) < 4.78 is 19.6. The molecule has 2 aliphatic heterocycles. The molecule has 1 amide bonds. The van der Waals surface area contributed by atoms with E-state index in [1.54, 1.807) is 24.3 Å². The van der Waals surface area contributed by atoms with Crippen molar-refractivity contribution in [2.24, 2.45) is 5.92 Å². The van der Waals surface area contributed by atoms with E-state index in [2.05, 4.69) is 33.9 Å². The van der Waals surface area contributed by atoms with E-state index in [1.165, 1.54) is 4.90 Å². The zero-order valence-electron chi connectivity index (χ0n) is 17.6. The molecule has 0 aromatic heterocycles. The molecule has 0 spiro atoms. The molecule has 1 fully saturated rings. The summed E-state index contributed by atoms with van der Waals surface area (Å²) in [5.41, 5.74) is -0.106. The summed E-state index contributed by atoms with van der Waals surface area (Å²) in [6, 6.07) is 8.59. The Morgan fingerprint density at radius 2 is 1.90 bits per heavy atom. The second kappa shape index (κ2) is 7.81. The van der Waals surface area contributed by atoms with Gasteiger partial charge < -0.3 is 14.4 Å². The Bertz CT molecular complexity index is 875. The van der Waals surface area contributed by atoms with Crippen molar-refractivity contribution < 1.29 is 23.3 Å². The van der Waals surface area contributed by atoms with E-state index < -0.39 is 25.1 Å². The van der Waals surface area contributed by atoms with Crippen LogP contribution in [-0.4, -0.2) is 47.1 Å². The number of carboxylic acid groups (broad SMARTS) is 1. The monoisotopic (exact) mass is 435 g/mol. The number of nitrogens with zero attached hydrogens (tertiary/aromatic N) is 1. The normalized spacial score (nSPS) is 23.1.